The Labute approximate surface area is 208 Å². The highest BCUT2D eigenvalue weighted by Gasteiger charge is 2.37. The van der Waals surface area contributed by atoms with E-state index in [4.69, 9.17) is 23.2 Å². The van der Waals surface area contributed by atoms with Crippen molar-refractivity contribution in [2.75, 3.05) is 31.1 Å². The number of carbonyl (C=O) groups is 2. The van der Waals surface area contributed by atoms with Crippen LogP contribution in [0, 0.1) is 11.1 Å². The molecule has 1 aromatic heterocycles. The van der Waals surface area contributed by atoms with Crippen LogP contribution in [0.2, 0.25) is 10.0 Å². The third-order valence-electron chi connectivity index (χ3n) is 6.60. The molecule has 3 heterocycles. The zero-order chi connectivity index (χ0) is 24.2. The van der Waals surface area contributed by atoms with Crippen LogP contribution in [0.1, 0.15) is 36.0 Å². The molecule has 2 aromatic rings. The fourth-order valence-electron chi connectivity index (χ4n) is 4.66. The Kier molecular flexibility index (Phi) is 7.80. The molecular formula is C24H28Cl2N4O4. The smallest absolute Gasteiger partial charge is 0.279 e. The molecule has 2 N–H and O–H groups in total. The SMILES string of the molecule is O=C(NC1CN(c2ccc(Cl)c[n+]2[O-])CCC1CC(=O)N1CCC(O)CC1)c1cccc(Cl)c1. The summed E-state index contributed by atoms with van der Waals surface area (Å²) in [4.78, 5) is 29.7. The van der Waals surface area contributed by atoms with Gasteiger partial charge in [0.05, 0.1) is 23.7 Å². The number of aromatic nitrogens is 1. The fraction of sp³-hybridized carbons (Fsp3) is 0.458. The van der Waals surface area contributed by atoms with Crippen LogP contribution in [0.4, 0.5) is 5.82 Å². The molecule has 0 bridgehead atoms. The van der Waals surface area contributed by atoms with Crippen LogP contribution in [0.25, 0.3) is 0 Å². The Morgan fingerprint density at radius 3 is 2.56 bits per heavy atom. The van der Waals surface area contributed by atoms with E-state index < -0.39 is 0 Å². The molecule has 0 aliphatic carbocycles. The largest absolute Gasteiger partial charge is 0.711 e. The second-order valence-electron chi connectivity index (χ2n) is 8.93. The third kappa shape index (κ3) is 5.92. The summed E-state index contributed by atoms with van der Waals surface area (Å²) >= 11 is 12.0. The Balaban J connectivity index is 1.51. The molecule has 2 saturated heterocycles. The first-order chi connectivity index (χ1) is 16.3. The second kappa shape index (κ2) is 10.8. The zero-order valence-electron chi connectivity index (χ0n) is 18.7. The summed E-state index contributed by atoms with van der Waals surface area (Å²) in [6, 6.07) is 9.67. The maximum Gasteiger partial charge on any atom is 0.279 e. The van der Waals surface area contributed by atoms with E-state index in [0.717, 1.165) is 4.73 Å². The minimum absolute atomic E-state index is 0.0257. The van der Waals surface area contributed by atoms with Crippen LogP contribution >= 0.6 is 23.2 Å². The normalized spacial score (nSPS) is 21.4. The number of nitrogens with one attached hydrogen (secondary N) is 1. The van der Waals surface area contributed by atoms with E-state index in [-0.39, 0.29) is 29.9 Å². The fourth-order valence-corrected chi connectivity index (χ4v) is 5.00. The molecular weight excluding hydrogens is 479 g/mol. The highest BCUT2D eigenvalue weighted by molar-refractivity contribution is 6.31. The van der Waals surface area contributed by atoms with Gasteiger partial charge in [-0.3, -0.25) is 14.5 Å². The van der Waals surface area contributed by atoms with E-state index in [9.17, 15) is 19.9 Å². The van der Waals surface area contributed by atoms with Gasteiger partial charge in [-0.05, 0) is 49.4 Å². The molecule has 10 heteroatoms. The number of carbonyl (C=O) groups excluding carboxylic acids is 2. The summed E-state index contributed by atoms with van der Waals surface area (Å²) in [5.74, 6) is 0.101. The van der Waals surface area contributed by atoms with Gasteiger partial charge in [-0.1, -0.05) is 29.3 Å². The number of likely N-dealkylation sites (tertiary alicyclic amines) is 1. The lowest BCUT2D eigenvalue weighted by molar-refractivity contribution is -0.592. The molecule has 2 aliphatic heterocycles. The molecule has 4 rings (SSSR count). The van der Waals surface area contributed by atoms with Gasteiger partial charge in [-0.15, -0.1) is 0 Å². The molecule has 8 nitrogen and oxygen atoms in total. The van der Waals surface area contributed by atoms with Gasteiger partial charge >= 0.3 is 0 Å². The van der Waals surface area contributed by atoms with Gasteiger partial charge < -0.3 is 20.5 Å². The van der Waals surface area contributed by atoms with Gasteiger partial charge in [0.1, 0.15) is 12.7 Å². The molecule has 182 valence electrons. The maximum absolute atomic E-state index is 13.0. The molecule has 2 unspecified atom stereocenters. The zero-order valence-corrected chi connectivity index (χ0v) is 20.2. The number of anilines is 1. The van der Waals surface area contributed by atoms with Crippen LogP contribution < -0.4 is 14.9 Å². The maximum atomic E-state index is 13.0. The lowest BCUT2D eigenvalue weighted by Gasteiger charge is -2.37. The predicted molar refractivity (Wildman–Crippen MR) is 130 cm³/mol. The molecule has 0 spiro atoms. The number of rotatable bonds is 5. The van der Waals surface area contributed by atoms with Crippen molar-refractivity contribution in [2.45, 2.75) is 37.8 Å². The number of hydrogen-bond donors (Lipinski definition) is 2. The lowest BCUT2D eigenvalue weighted by Crippen LogP contribution is -2.55. The van der Waals surface area contributed by atoms with Crippen molar-refractivity contribution in [1.29, 1.82) is 0 Å². The molecule has 2 fully saturated rings. The van der Waals surface area contributed by atoms with Crippen molar-refractivity contribution in [1.82, 2.24) is 10.2 Å². The van der Waals surface area contributed by atoms with E-state index in [0.29, 0.717) is 73.3 Å². The highest BCUT2D eigenvalue weighted by atomic mass is 35.5. The first-order valence-electron chi connectivity index (χ1n) is 11.5. The van der Waals surface area contributed by atoms with Gasteiger partial charge in [-0.2, -0.15) is 0 Å². The number of amides is 2. The Morgan fingerprint density at radius 1 is 1.09 bits per heavy atom. The van der Waals surface area contributed by atoms with Crippen molar-refractivity contribution < 1.29 is 19.4 Å². The summed E-state index contributed by atoms with van der Waals surface area (Å²) in [6.07, 6.45) is 3.04. The quantitative estimate of drug-likeness (QED) is 0.479. The lowest BCUT2D eigenvalue weighted by atomic mass is 9.87. The van der Waals surface area contributed by atoms with Crippen molar-refractivity contribution in [3.63, 3.8) is 0 Å². The number of aliphatic hydroxyl groups excluding tert-OH is 1. The average molecular weight is 507 g/mol. The molecule has 2 aliphatic rings. The van der Waals surface area contributed by atoms with Crippen molar-refractivity contribution >= 4 is 40.8 Å². The second-order valence-corrected chi connectivity index (χ2v) is 9.81. The number of piperidine rings is 2. The summed E-state index contributed by atoms with van der Waals surface area (Å²) in [7, 11) is 0. The van der Waals surface area contributed by atoms with Crippen molar-refractivity contribution in [2.24, 2.45) is 5.92 Å². The van der Waals surface area contributed by atoms with Crippen LogP contribution in [-0.4, -0.2) is 60.1 Å². The highest BCUT2D eigenvalue weighted by Crippen LogP contribution is 2.26. The number of hydrogen-bond acceptors (Lipinski definition) is 5. The van der Waals surface area contributed by atoms with Gasteiger partial charge in [0, 0.05) is 36.2 Å². The Morgan fingerprint density at radius 2 is 1.85 bits per heavy atom. The molecule has 34 heavy (non-hydrogen) atoms. The van der Waals surface area contributed by atoms with E-state index >= 15 is 0 Å². The summed E-state index contributed by atoms with van der Waals surface area (Å²) in [5.41, 5.74) is 0.435. The van der Waals surface area contributed by atoms with Crippen LogP contribution in [0.5, 0.6) is 0 Å². The predicted octanol–water partition coefficient (Wildman–Crippen LogP) is 2.63. The monoisotopic (exact) mass is 506 g/mol. The number of nitrogens with zero attached hydrogens (tertiary/aromatic N) is 3. The molecule has 2 atom stereocenters. The first kappa shape index (κ1) is 24.6. The number of benzene rings is 1. The third-order valence-corrected chi connectivity index (χ3v) is 7.05. The number of halogens is 2. The average Bonchev–Trinajstić information content (AvgIpc) is 2.80. The summed E-state index contributed by atoms with van der Waals surface area (Å²) < 4.78 is 0.725. The van der Waals surface area contributed by atoms with Gasteiger partial charge in [-0.25, -0.2) is 4.73 Å². The topological polar surface area (TPSA) is 99.8 Å². The minimum atomic E-state index is -0.352. The number of aliphatic hydroxyl groups is 1. The Hall–Kier alpha value is -2.55. The first-order valence-corrected chi connectivity index (χ1v) is 12.2. The summed E-state index contributed by atoms with van der Waals surface area (Å²) in [6.45, 7) is 2.04. The van der Waals surface area contributed by atoms with Crippen molar-refractivity contribution in [3.8, 4) is 0 Å². The Bertz CT molecular complexity index is 1050. The standard InChI is InChI=1S/C24H28Cl2N4O4/c25-18-3-1-2-17(12-18)24(33)27-21-15-29(22-5-4-19(26)14-30(22)34)9-6-16(21)13-23(32)28-10-7-20(31)8-11-28/h1-5,12,14,16,20-21,31H,6-11,13,15H2,(H,27,33). The van der Waals surface area contributed by atoms with Crippen LogP contribution in [0.15, 0.2) is 42.6 Å². The van der Waals surface area contributed by atoms with E-state index in [1.165, 1.54) is 6.20 Å². The van der Waals surface area contributed by atoms with Crippen LogP contribution in [-0.2, 0) is 4.79 Å². The summed E-state index contributed by atoms with van der Waals surface area (Å²) in [5, 5.41) is 26.0. The molecule has 0 saturated carbocycles. The van der Waals surface area contributed by atoms with E-state index in [1.54, 1.807) is 41.3 Å². The van der Waals surface area contributed by atoms with Gasteiger partial charge in [0.25, 0.3) is 11.7 Å². The molecule has 2 amide bonds. The van der Waals surface area contributed by atoms with Gasteiger partial charge in [0.15, 0.2) is 0 Å². The van der Waals surface area contributed by atoms with E-state index in [2.05, 4.69) is 5.32 Å². The minimum Gasteiger partial charge on any atom is -0.711 e. The number of pyridine rings is 1. The van der Waals surface area contributed by atoms with Gasteiger partial charge in [0.2, 0.25) is 5.91 Å². The van der Waals surface area contributed by atoms with Crippen LogP contribution in [0.3, 0.4) is 0 Å². The molecule has 1 aromatic carbocycles. The van der Waals surface area contributed by atoms with Crippen molar-refractivity contribution in [3.05, 3.63) is 63.4 Å². The van der Waals surface area contributed by atoms with E-state index in [1.807, 2.05) is 4.90 Å². The molecule has 0 radical (unpaired) electrons.